The van der Waals surface area contributed by atoms with E-state index in [1.165, 1.54) is 0 Å². The number of benzene rings is 1. The number of nitrogens with zero attached hydrogens (tertiary/aromatic N) is 3. The van der Waals surface area contributed by atoms with Crippen molar-refractivity contribution in [1.82, 2.24) is 14.5 Å². The molecule has 4 nitrogen and oxygen atoms in total. The molecule has 0 saturated carbocycles. The first-order chi connectivity index (χ1) is 8.66. The van der Waals surface area contributed by atoms with Crippen LogP contribution in [0.25, 0.3) is 22.6 Å². The van der Waals surface area contributed by atoms with Crippen LogP contribution in [0.5, 0.6) is 0 Å². The Balaban J connectivity index is 2.31. The monoisotopic (exact) mass is 302 g/mol. The van der Waals surface area contributed by atoms with Gasteiger partial charge in [0.25, 0.3) is 0 Å². The number of hydrogen-bond acceptors (Lipinski definition) is 3. The maximum atomic E-state index is 6.02. The smallest absolute Gasteiger partial charge is 0.159 e. The van der Waals surface area contributed by atoms with Gasteiger partial charge >= 0.3 is 0 Å². The fraction of sp³-hybridized carbons (Fsp3) is 0.0769. The molecule has 0 fully saturated rings. The predicted octanol–water partition coefficient (Wildman–Crippen LogP) is 2.98. The number of aryl methyl sites for hydroxylation is 1. The summed E-state index contributed by atoms with van der Waals surface area (Å²) < 4.78 is 2.93. The van der Waals surface area contributed by atoms with Crippen LogP contribution in [0.3, 0.4) is 0 Å². The number of rotatable bonds is 1. The Morgan fingerprint density at radius 1 is 1.28 bits per heavy atom. The first kappa shape index (κ1) is 11.2. The standard InChI is InChI=1S/C13H11BrN4/c1-18-12(9-7-8(14)4-5-10(9)15)17-11-3-2-6-16-13(11)18/h2-7H,15H2,1H3. The van der Waals surface area contributed by atoms with Gasteiger partial charge in [-0.3, -0.25) is 0 Å². The van der Waals surface area contributed by atoms with E-state index in [9.17, 15) is 0 Å². The molecule has 5 heteroatoms. The lowest BCUT2D eigenvalue weighted by molar-refractivity contribution is 0.942. The van der Waals surface area contributed by atoms with Gasteiger partial charge in [-0.1, -0.05) is 15.9 Å². The summed E-state index contributed by atoms with van der Waals surface area (Å²) in [7, 11) is 1.94. The van der Waals surface area contributed by atoms with E-state index in [0.717, 1.165) is 27.0 Å². The highest BCUT2D eigenvalue weighted by atomic mass is 79.9. The molecule has 0 spiro atoms. The number of aromatic nitrogens is 3. The second kappa shape index (κ2) is 4.10. The second-order valence-corrected chi connectivity index (χ2v) is 4.99. The summed E-state index contributed by atoms with van der Waals surface area (Å²) >= 11 is 3.45. The molecule has 0 saturated heterocycles. The maximum absolute atomic E-state index is 6.02. The molecular weight excluding hydrogens is 292 g/mol. The summed E-state index contributed by atoms with van der Waals surface area (Å²) in [6.45, 7) is 0. The Morgan fingerprint density at radius 2 is 2.11 bits per heavy atom. The zero-order chi connectivity index (χ0) is 12.7. The molecule has 0 bridgehead atoms. The molecular formula is C13H11BrN4. The highest BCUT2D eigenvalue weighted by molar-refractivity contribution is 9.10. The molecule has 2 aromatic heterocycles. The van der Waals surface area contributed by atoms with Crippen LogP contribution >= 0.6 is 15.9 Å². The minimum atomic E-state index is 0.705. The number of halogens is 1. The lowest BCUT2D eigenvalue weighted by Crippen LogP contribution is -1.97. The molecule has 2 heterocycles. The number of hydrogen-bond donors (Lipinski definition) is 1. The van der Waals surface area contributed by atoms with Gasteiger partial charge in [-0.25, -0.2) is 9.97 Å². The quantitative estimate of drug-likeness (QED) is 0.703. The molecule has 0 aliphatic carbocycles. The van der Waals surface area contributed by atoms with E-state index in [1.807, 2.05) is 41.9 Å². The predicted molar refractivity (Wildman–Crippen MR) is 76.1 cm³/mol. The molecule has 90 valence electrons. The molecule has 0 amide bonds. The second-order valence-electron chi connectivity index (χ2n) is 4.07. The number of imidazole rings is 1. The van der Waals surface area contributed by atoms with Crippen molar-refractivity contribution in [3.05, 3.63) is 41.0 Å². The van der Waals surface area contributed by atoms with Gasteiger partial charge < -0.3 is 10.3 Å². The van der Waals surface area contributed by atoms with Crippen LogP contribution in [0.4, 0.5) is 5.69 Å². The average Bonchev–Trinajstić information content (AvgIpc) is 2.71. The van der Waals surface area contributed by atoms with Crippen LogP contribution in [0.2, 0.25) is 0 Å². The number of anilines is 1. The summed E-state index contributed by atoms with van der Waals surface area (Å²) in [6.07, 6.45) is 1.76. The summed E-state index contributed by atoms with van der Waals surface area (Å²) in [5.41, 5.74) is 9.35. The molecule has 0 aliphatic heterocycles. The Bertz CT molecular complexity index is 733. The minimum Gasteiger partial charge on any atom is -0.398 e. The van der Waals surface area contributed by atoms with Crippen LogP contribution in [-0.2, 0) is 7.05 Å². The van der Waals surface area contributed by atoms with E-state index >= 15 is 0 Å². The first-order valence-corrected chi connectivity index (χ1v) is 6.29. The van der Waals surface area contributed by atoms with Gasteiger partial charge in [0, 0.05) is 29.0 Å². The normalized spacial score (nSPS) is 11.0. The summed E-state index contributed by atoms with van der Waals surface area (Å²) in [4.78, 5) is 8.91. The van der Waals surface area contributed by atoms with E-state index in [2.05, 4.69) is 25.9 Å². The molecule has 0 atom stereocenters. The van der Waals surface area contributed by atoms with Crippen LogP contribution in [0, 0.1) is 0 Å². The van der Waals surface area contributed by atoms with E-state index in [0.29, 0.717) is 5.69 Å². The fourth-order valence-electron chi connectivity index (χ4n) is 1.99. The van der Waals surface area contributed by atoms with Crippen LogP contribution < -0.4 is 5.73 Å². The molecule has 18 heavy (non-hydrogen) atoms. The van der Waals surface area contributed by atoms with Gasteiger partial charge in [0.2, 0.25) is 0 Å². The molecule has 0 aliphatic rings. The number of pyridine rings is 1. The number of fused-ring (bicyclic) bond motifs is 1. The number of nitrogen functional groups attached to an aromatic ring is 1. The average molecular weight is 303 g/mol. The molecule has 0 unspecified atom stereocenters. The van der Waals surface area contributed by atoms with E-state index in [-0.39, 0.29) is 0 Å². The van der Waals surface area contributed by atoms with Gasteiger partial charge in [-0.15, -0.1) is 0 Å². The van der Waals surface area contributed by atoms with Crippen LogP contribution in [-0.4, -0.2) is 14.5 Å². The fourth-order valence-corrected chi connectivity index (χ4v) is 2.35. The largest absolute Gasteiger partial charge is 0.398 e. The van der Waals surface area contributed by atoms with Gasteiger partial charge in [0.1, 0.15) is 11.3 Å². The first-order valence-electron chi connectivity index (χ1n) is 5.49. The molecule has 1 aromatic carbocycles. The van der Waals surface area contributed by atoms with Crippen molar-refractivity contribution in [3.63, 3.8) is 0 Å². The van der Waals surface area contributed by atoms with Gasteiger partial charge in [0.05, 0.1) is 0 Å². The lowest BCUT2D eigenvalue weighted by atomic mass is 10.2. The maximum Gasteiger partial charge on any atom is 0.159 e. The molecule has 3 rings (SSSR count). The number of nitrogens with two attached hydrogens (primary N) is 1. The molecule has 2 N–H and O–H groups in total. The Morgan fingerprint density at radius 3 is 2.89 bits per heavy atom. The van der Waals surface area contributed by atoms with Crippen molar-refractivity contribution in [2.45, 2.75) is 0 Å². The zero-order valence-electron chi connectivity index (χ0n) is 9.76. The van der Waals surface area contributed by atoms with E-state index in [4.69, 9.17) is 5.73 Å². The van der Waals surface area contributed by atoms with E-state index in [1.54, 1.807) is 6.20 Å². The van der Waals surface area contributed by atoms with Crippen molar-refractivity contribution in [2.24, 2.45) is 7.05 Å². The lowest BCUT2D eigenvalue weighted by Gasteiger charge is -2.06. The SMILES string of the molecule is Cn1c(-c2cc(Br)ccc2N)nc2cccnc21. The van der Waals surface area contributed by atoms with Crippen molar-refractivity contribution in [3.8, 4) is 11.4 Å². The van der Waals surface area contributed by atoms with Crippen LogP contribution in [0.15, 0.2) is 41.0 Å². The Hall–Kier alpha value is -1.88. The topological polar surface area (TPSA) is 56.7 Å². The van der Waals surface area contributed by atoms with E-state index < -0.39 is 0 Å². The highest BCUT2D eigenvalue weighted by Crippen LogP contribution is 2.29. The van der Waals surface area contributed by atoms with Gasteiger partial charge in [-0.05, 0) is 30.3 Å². The Labute approximate surface area is 113 Å². The summed E-state index contributed by atoms with van der Waals surface area (Å²) in [5.74, 6) is 0.822. The third-order valence-electron chi connectivity index (χ3n) is 2.88. The third-order valence-corrected chi connectivity index (χ3v) is 3.38. The van der Waals surface area contributed by atoms with Gasteiger partial charge in [-0.2, -0.15) is 0 Å². The van der Waals surface area contributed by atoms with Gasteiger partial charge in [0.15, 0.2) is 5.65 Å². The molecule has 3 aromatic rings. The van der Waals surface area contributed by atoms with Crippen molar-refractivity contribution >= 4 is 32.8 Å². The Kier molecular flexibility index (Phi) is 2.56. The highest BCUT2D eigenvalue weighted by Gasteiger charge is 2.12. The minimum absolute atomic E-state index is 0.705. The summed E-state index contributed by atoms with van der Waals surface area (Å²) in [5, 5.41) is 0. The van der Waals surface area contributed by atoms with Crippen LogP contribution in [0.1, 0.15) is 0 Å². The molecule has 0 radical (unpaired) electrons. The zero-order valence-corrected chi connectivity index (χ0v) is 11.3. The van der Waals surface area contributed by atoms with Crippen molar-refractivity contribution in [1.29, 1.82) is 0 Å². The summed E-state index contributed by atoms with van der Waals surface area (Å²) in [6, 6.07) is 9.58. The third kappa shape index (κ3) is 1.67. The van der Waals surface area contributed by atoms with Crippen molar-refractivity contribution in [2.75, 3.05) is 5.73 Å². The van der Waals surface area contributed by atoms with Crippen molar-refractivity contribution < 1.29 is 0 Å².